The molecular weight excluding hydrogens is 284 g/mol. The van der Waals surface area contributed by atoms with E-state index in [-0.39, 0.29) is 5.91 Å². The van der Waals surface area contributed by atoms with Crippen LogP contribution in [0.5, 0.6) is 0 Å². The molecule has 4 heteroatoms. The minimum Gasteiger partial charge on any atom is -0.348 e. The van der Waals surface area contributed by atoms with E-state index in [0.29, 0.717) is 23.7 Å². The molecule has 0 heterocycles. The van der Waals surface area contributed by atoms with Crippen LogP contribution in [0.1, 0.15) is 27.0 Å². The van der Waals surface area contributed by atoms with Crippen molar-refractivity contribution < 1.29 is 4.79 Å². The van der Waals surface area contributed by atoms with Gasteiger partial charge in [0, 0.05) is 17.1 Å². The fourth-order valence-electron chi connectivity index (χ4n) is 2.11. The molecule has 0 aliphatic rings. The maximum atomic E-state index is 12.2. The first-order valence-corrected chi connectivity index (χ1v) is 7.30. The molecule has 3 N–H and O–H groups in total. The van der Waals surface area contributed by atoms with Gasteiger partial charge in [-0.25, -0.2) is 0 Å². The normalized spacial score (nSPS) is 10.4. The maximum Gasteiger partial charge on any atom is 0.251 e. The van der Waals surface area contributed by atoms with Crippen LogP contribution in [0.3, 0.4) is 0 Å². The molecule has 0 aliphatic carbocycles. The molecule has 0 saturated heterocycles. The summed E-state index contributed by atoms with van der Waals surface area (Å²) in [7, 11) is 0. The lowest BCUT2D eigenvalue weighted by atomic mass is 10.1. The summed E-state index contributed by atoms with van der Waals surface area (Å²) in [4.78, 5) is 12.2. The summed E-state index contributed by atoms with van der Waals surface area (Å²) in [5.74, 6) is -0.110. The lowest BCUT2D eigenvalue weighted by molar-refractivity contribution is 0.0950. The number of nitrogens with one attached hydrogen (secondary N) is 1. The van der Waals surface area contributed by atoms with Crippen molar-refractivity contribution >= 4 is 17.5 Å². The van der Waals surface area contributed by atoms with Gasteiger partial charge in [-0.2, -0.15) is 0 Å². The van der Waals surface area contributed by atoms with Gasteiger partial charge in [0.2, 0.25) is 0 Å². The van der Waals surface area contributed by atoms with Crippen LogP contribution in [0.4, 0.5) is 0 Å². The van der Waals surface area contributed by atoms with Gasteiger partial charge in [-0.05, 0) is 48.7 Å². The molecule has 0 radical (unpaired) electrons. The Morgan fingerprint density at radius 2 is 1.81 bits per heavy atom. The van der Waals surface area contributed by atoms with Crippen molar-refractivity contribution in [1.82, 2.24) is 5.32 Å². The number of hydrogen-bond donors (Lipinski definition) is 2. The van der Waals surface area contributed by atoms with E-state index in [1.807, 2.05) is 37.3 Å². The lowest BCUT2D eigenvalue weighted by Gasteiger charge is -2.09. The maximum absolute atomic E-state index is 12.2. The van der Waals surface area contributed by atoms with Crippen molar-refractivity contribution in [3.63, 3.8) is 0 Å². The molecular formula is C17H19ClN2O. The number of amides is 1. The summed E-state index contributed by atoms with van der Waals surface area (Å²) in [6.45, 7) is 3.03. The van der Waals surface area contributed by atoms with E-state index in [4.69, 9.17) is 17.3 Å². The van der Waals surface area contributed by atoms with Crippen LogP contribution in [-0.4, -0.2) is 12.5 Å². The molecule has 0 atom stereocenters. The molecule has 1 amide bonds. The monoisotopic (exact) mass is 302 g/mol. The van der Waals surface area contributed by atoms with Crippen molar-refractivity contribution in [2.24, 2.45) is 5.73 Å². The highest BCUT2D eigenvalue weighted by atomic mass is 35.5. The van der Waals surface area contributed by atoms with E-state index < -0.39 is 0 Å². The van der Waals surface area contributed by atoms with Gasteiger partial charge in [0.1, 0.15) is 0 Å². The van der Waals surface area contributed by atoms with E-state index >= 15 is 0 Å². The third-order valence-electron chi connectivity index (χ3n) is 3.35. The largest absolute Gasteiger partial charge is 0.348 e. The van der Waals surface area contributed by atoms with E-state index in [2.05, 4.69) is 5.32 Å². The first-order chi connectivity index (χ1) is 10.1. The summed E-state index contributed by atoms with van der Waals surface area (Å²) >= 11 is 5.93. The SMILES string of the molecule is Cc1ccc(Cl)cc1C(=O)NCc1ccc(CCN)cc1. The number of benzene rings is 2. The third kappa shape index (κ3) is 4.31. The quantitative estimate of drug-likeness (QED) is 0.892. The first-order valence-electron chi connectivity index (χ1n) is 6.92. The fraction of sp³-hybridized carbons (Fsp3) is 0.235. The molecule has 2 aromatic carbocycles. The second kappa shape index (κ2) is 7.25. The van der Waals surface area contributed by atoms with Crippen molar-refractivity contribution in [3.8, 4) is 0 Å². The Morgan fingerprint density at radius 3 is 2.48 bits per heavy atom. The van der Waals surface area contributed by atoms with E-state index in [1.54, 1.807) is 12.1 Å². The summed E-state index contributed by atoms with van der Waals surface area (Å²) < 4.78 is 0. The fourth-order valence-corrected chi connectivity index (χ4v) is 2.28. The summed E-state index contributed by atoms with van der Waals surface area (Å²) in [6.07, 6.45) is 0.869. The Kier molecular flexibility index (Phi) is 5.37. The molecule has 0 fully saturated rings. The molecule has 0 bridgehead atoms. The highest BCUT2D eigenvalue weighted by molar-refractivity contribution is 6.31. The van der Waals surface area contributed by atoms with E-state index in [0.717, 1.165) is 17.5 Å². The van der Waals surface area contributed by atoms with Crippen molar-refractivity contribution in [1.29, 1.82) is 0 Å². The molecule has 0 unspecified atom stereocenters. The van der Waals surface area contributed by atoms with Crippen LogP contribution in [0.2, 0.25) is 5.02 Å². The zero-order valence-corrected chi connectivity index (χ0v) is 12.8. The topological polar surface area (TPSA) is 55.1 Å². The number of carbonyl (C=O) groups is 1. The highest BCUT2D eigenvalue weighted by Gasteiger charge is 2.09. The Balaban J connectivity index is 1.99. The number of nitrogens with two attached hydrogens (primary N) is 1. The molecule has 0 aliphatic heterocycles. The van der Waals surface area contributed by atoms with Gasteiger partial charge in [-0.3, -0.25) is 4.79 Å². The molecule has 2 aromatic rings. The molecule has 2 rings (SSSR count). The van der Waals surface area contributed by atoms with Crippen LogP contribution in [0.15, 0.2) is 42.5 Å². The molecule has 110 valence electrons. The molecule has 0 aromatic heterocycles. The number of rotatable bonds is 5. The van der Waals surface area contributed by atoms with Crippen LogP contribution < -0.4 is 11.1 Å². The summed E-state index contributed by atoms with van der Waals surface area (Å²) in [5, 5.41) is 3.48. The average Bonchev–Trinajstić information content (AvgIpc) is 2.49. The van der Waals surface area contributed by atoms with Crippen molar-refractivity contribution in [3.05, 3.63) is 69.7 Å². The number of carbonyl (C=O) groups excluding carboxylic acids is 1. The Hall–Kier alpha value is -1.84. The smallest absolute Gasteiger partial charge is 0.251 e. The van der Waals surface area contributed by atoms with Gasteiger partial charge < -0.3 is 11.1 Å². The number of aryl methyl sites for hydroxylation is 1. The number of halogens is 1. The van der Waals surface area contributed by atoms with Crippen LogP contribution >= 0.6 is 11.6 Å². The predicted molar refractivity (Wildman–Crippen MR) is 86.6 cm³/mol. The Bertz CT molecular complexity index is 623. The zero-order valence-electron chi connectivity index (χ0n) is 12.0. The van der Waals surface area contributed by atoms with Crippen LogP contribution in [-0.2, 0) is 13.0 Å². The molecule has 0 saturated carbocycles. The van der Waals surface area contributed by atoms with Crippen LogP contribution in [0, 0.1) is 6.92 Å². The number of hydrogen-bond acceptors (Lipinski definition) is 2. The second-order valence-electron chi connectivity index (χ2n) is 5.00. The van der Waals surface area contributed by atoms with Crippen LogP contribution in [0.25, 0.3) is 0 Å². The lowest BCUT2D eigenvalue weighted by Crippen LogP contribution is -2.23. The van der Waals surface area contributed by atoms with E-state index in [1.165, 1.54) is 5.56 Å². The molecule has 3 nitrogen and oxygen atoms in total. The highest BCUT2D eigenvalue weighted by Crippen LogP contribution is 2.15. The van der Waals surface area contributed by atoms with Gasteiger partial charge in [0.15, 0.2) is 0 Å². The summed E-state index contributed by atoms with van der Waals surface area (Å²) in [5.41, 5.74) is 9.31. The van der Waals surface area contributed by atoms with Gasteiger partial charge in [-0.1, -0.05) is 41.9 Å². The zero-order chi connectivity index (χ0) is 15.2. The van der Waals surface area contributed by atoms with Gasteiger partial charge >= 0.3 is 0 Å². The third-order valence-corrected chi connectivity index (χ3v) is 3.59. The minimum absolute atomic E-state index is 0.110. The Morgan fingerprint density at radius 1 is 1.14 bits per heavy atom. The van der Waals surface area contributed by atoms with Gasteiger partial charge in [0.05, 0.1) is 0 Å². The van der Waals surface area contributed by atoms with Gasteiger partial charge in [0.25, 0.3) is 5.91 Å². The second-order valence-corrected chi connectivity index (χ2v) is 5.43. The standard InChI is InChI=1S/C17H19ClN2O/c1-12-2-7-15(18)10-16(12)17(21)20-11-14-5-3-13(4-6-14)8-9-19/h2-7,10H,8-9,11,19H2,1H3,(H,20,21). The van der Waals surface area contributed by atoms with E-state index in [9.17, 15) is 4.79 Å². The van der Waals surface area contributed by atoms with Gasteiger partial charge in [-0.15, -0.1) is 0 Å². The minimum atomic E-state index is -0.110. The average molecular weight is 303 g/mol. The van der Waals surface area contributed by atoms with Crippen molar-refractivity contribution in [2.75, 3.05) is 6.54 Å². The van der Waals surface area contributed by atoms with Crippen molar-refractivity contribution in [2.45, 2.75) is 19.9 Å². The molecule has 0 spiro atoms. The molecule has 21 heavy (non-hydrogen) atoms. The predicted octanol–water partition coefficient (Wildman–Crippen LogP) is 3.08. The Labute approximate surface area is 130 Å². The first kappa shape index (κ1) is 15.5. The summed E-state index contributed by atoms with van der Waals surface area (Å²) in [6, 6.07) is 13.4.